The number of terminal acetylenes is 1. The number of phenols is 1. The highest BCUT2D eigenvalue weighted by Crippen LogP contribution is 2.16. The summed E-state index contributed by atoms with van der Waals surface area (Å²) in [4.78, 5) is 0.0244. The minimum Gasteiger partial charge on any atom is -0.508 e. The zero-order chi connectivity index (χ0) is 12.2. The molecule has 1 rings (SSSR count). The summed E-state index contributed by atoms with van der Waals surface area (Å²) in [7, 11) is -3.61. The first kappa shape index (κ1) is 12.6. The minimum absolute atomic E-state index is 0.0244. The lowest BCUT2D eigenvalue weighted by molar-refractivity contribution is 0.473. The normalized spacial score (nSPS) is 13.0. The van der Waals surface area contributed by atoms with Gasteiger partial charge in [0.15, 0.2) is 0 Å². The number of hydrogen-bond donors (Lipinski definition) is 2. The summed E-state index contributed by atoms with van der Waals surface area (Å²) in [6.45, 7) is 1.68. The molecule has 86 valence electrons. The second kappa shape index (κ2) is 5.01. The molecule has 1 aromatic rings. The Balaban J connectivity index is 2.91. The fraction of sp³-hybridized carbons (Fsp3) is 0.273. The Morgan fingerprint density at radius 1 is 1.56 bits per heavy atom. The van der Waals surface area contributed by atoms with Gasteiger partial charge in [-0.2, -0.15) is 0 Å². The van der Waals surface area contributed by atoms with Crippen molar-refractivity contribution in [2.24, 2.45) is 0 Å². The maximum atomic E-state index is 11.8. The van der Waals surface area contributed by atoms with Gasteiger partial charge in [0.05, 0.1) is 4.90 Å². The zero-order valence-corrected chi connectivity index (χ0v) is 9.66. The van der Waals surface area contributed by atoms with Crippen molar-refractivity contribution in [1.82, 2.24) is 4.72 Å². The third kappa shape index (κ3) is 3.26. The molecule has 1 atom stereocenters. The Bertz CT molecular complexity index is 502. The Morgan fingerprint density at radius 2 is 2.25 bits per heavy atom. The van der Waals surface area contributed by atoms with Gasteiger partial charge in [-0.1, -0.05) is 6.07 Å². The molecule has 0 saturated carbocycles. The average Bonchev–Trinajstić information content (AvgIpc) is 2.17. The Morgan fingerprint density at radius 3 is 2.81 bits per heavy atom. The van der Waals surface area contributed by atoms with Gasteiger partial charge in [-0.05, 0) is 25.1 Å². The number of nitrogens with one attached hydrogen (secondary N) is 1. The first-order valence-corrected chi connectivity index (χ1v) is 6.19. The van der Waals surface area contributed by atoms with Gasteiger partial charge in [0.25, 0.3) is 0 Å². The highest BCUT2D eigenvalue weighted by atomic mass is 32.2. The Hall–Kier alpha value is -1.51. The van der Waals surface area contributed by atoms with Crippen LogP contribution < -0.4 is 4.72 Å². The molecule has 2 N–H and O–H groups in total. The molecule has 0 aliphatic carbocycles. The standard InChI is InChI=1S/C11H13NO3S/c1-3-5-9(2)12-16(14,15)11-7-4-6-10(13)8-11/h1,4,6-9,12-13H,5H2,2H3. The largest absolute Gasteiger partial charge is 0.508 e. The van der Waals surface area contributed by atoms with Gasteiger partial charge in [0, 0.05) is 12.5 Å². The van der Waals surface area contributed by atoms with E-state index in [9.17, 15) is 13.5 Å². The molecular weight excluding hydrogens is 226 g/mol. The van der Waals surface area contributed by atoms with E-state index in [0.29, 0.717) is 6.42 Å². The maximum absolute atomic E-state index is 11.8. The second-order valence-corrected chi connectivity index (χ2v) is 5.14. The van der Waals surface area contributed by atoms with Crippen molar-refractivity contribution in [2.75, 3.05) is 0 Å². The van der Waals surface area contributed by atoms with Crippen LogP contribution in [0.15, 0.2) is 29.2 Å². The molecule has 0 aliphatic rings. The summed E-state index contributed by atoms with van der Waals surface area (Å²) in [5.41, 5.74) is 0. The molecular formula is C11H13NO3S. The van der Waals surface area contributed by atoms with E-state index in [1.165, 1.54) is 24.3 Å². The van der Waals surface area contributed by atoms with E-state index in [0.717, 1.165) is 0 Å². The van der Waals surface area contributed by atoms with Crippen LogP contribution in [0, 0.1) is 12.3 Å². The fourth-order valence-corrected chi connectivity index (χ4v) is 2.48. The molecule has 5 heteroatoms. The van der Waals surface area contributed by atoms with Crippen molar-refractivity contribution in [3.8, 4) is 18.1 Å². The molecule has 0 aromatic heterocycles. The van der Waals surface area contributed by atoms with Crippen LogP contribution in [0.4, 0.5) is 0 Å². The van der Waals surface area contributed by atoms with E-state index < -0.39 is 10.0 Å². The van der Waals surface area contributed by atoms with Gasteiger partial charge < -0.3 is 5.11 Å². The van der Waals surface area contributed by atoms with Crippen molar-refractivity contribution in [2.45, 2.75) is 24.3 Å². The van der Waals surface area contributed by atoms with Crippen LogP contribution in [-0.4, -0.2) is 19.6 Å². The Labute approximate surface area is 95.4 Å². The molecule has 0 bridgehead atoms. The van der Waals surface area contributed by atoms with Crippen LogP contribution in [-0.2, 0) is 10.0 Å². The van der Waals surface area contributed by atoms with Crippen LogP contribution in [0.1, 0.15) is 13.3 Å². The minimum atomic E-state index is -3.61. The van der Waals surface area contributed by atoms with Gasteiger partial charge in [0.2, 0.25) is 10.0 Å². The smallest absolute Gasteiger partial charge is 0.240 e. The van der Waals surface area contributed by atoms with Gasteiger partial charge in [-0.25, -0.2) is 13.1 Å². The summed E-state index contributed by atoms with van der Waals surface area (Å²) in [5, 5.41) is 9.19. The first-order valence-electron chi connectivity index (χ1n) is 4.70. The molecule has 0 aliphatic heterocycles. The number of hydrogen-bond acceptors (Lipinski definition) is 3. The van der Waals surface area contributed by atoms with Crippen LogP contribution in [0.5, 0.6) is 5.75 Å². The van der Waals surface area contributed by atoms with Crippen molar-refractivity contribution < 1.29 is 13.5 Å². The summed E-state index contributed by atoms with van der Waals surface area (Å²) in [6, 6.07) is 5.13. The fourth-order valence-electron chi connectivity index (χ4n) is 1.20. The third-order valence-corrected chi connectivity index (χ3v) is 3.50. The molecule has 0 radical (unpaired) electrons. The molecule has 4 nitrogen and oxygen atoms in total. The predicted molar refractivity (Wildman–Crippen MR) is 61.3 cm³/mol. The predicted octanol–water partition coefficient (Wildman–Crippen LogP) is 1.08. The van der Waals surface area contributed by atoms with Crippen LogP contribution >= 0.6 is 0 Å². The van der Waals surface area contributed by atoms with Crippen molar-refractivity contribution in [3.05, 3.63) is 24.3 Å². The van der Waals surface area contributed by atoms with Crippen molar-refractivity contribution in [1.29, 1.82) is 0 Å². The lowest BCUT2D eigenvalue weighted by Crippen LogP contribution is -2.32. The molecule has 1 aromatic carbocycles. The summed E-state index contributed by atoms with van der Waals surface area (Å²) in [6.07, 6.45) is 5.40. The van der Waals surface area contributed by atoms with E-state index >= 15 is 0 Å². The third-order valence-electron chi connectivity index (χ3n) is 1.91. The number of aromatic hydroxyl groups is 1. The summed E-state index contributed by atoms with van der Waals surface area (Å²) in [5.74, 6) is 2.29. The number of sulfonamides is 1. The lowest BCUT2D eigenvalue weighted by atomic mass is 10.3. The number of benzene rings is 1. The van der Waals surface area contributed by atoms with E-state index in [1.807, 2.05) is 0 Å². The van der Waals surface area contributed by atoms with E-state index in [4.69, 9.17) is 6.42 Å². The first-order chi connectivity index (χ1) is 7.45. The van der Waals surface area contributed by atoms with E-state index in [-0.39, 0.29) is 16.7 Å². The topological polar surface area (TPSA) is 66.4 Å². The maximum Gasteiger partial charge on any atom is 0.240 e. The van der Waals surface area contributed by atoms with Gasteiger partial charge in [-0.3, -0.25) is 0 Å². The SMILES string of the molecule is C#CCC(C)NS(=O)(=O)c1cccc(O)c1. The van der Waals surface area contributed by atoms with Crippen LogP contribution in [0.2, 0.25) is 0 Å². The summed E-state index contributed by atoms with van der Waals surface area (Å²) >= 11 is 0. The molecule has 0 heterocycles. The number of phenolic OH excluding ortho intramolecular Hbond substituents is 1. The summed E-state index contributed by atoms with van der Waals surface area (Å²) < 4.78 is 26.0. The van der Waals surface area contributed by atoms with Crippen molar-refractivity contribution >= 4 is 10.0 Å². The highest BCUT2D eigenvalue weighted by molar-refractivity contribution is 7.89. The second-order valence-electron chi connectivity index (χ2n) is 3.43. The number of rotatable bonds is 4. The molecule has 1 unspecified atom stereocenters. The van der Waals surface area contributed by atoms with E-state index in [1.54, 1.807) is 6.92 Å². The molecule has 0 fully saturated rings. The van der Waals surface area contributed by atoms with E-state index in [2.05, 4.69) is 10.6 Å². The monoisotopic (exact) mass is 239 g/mol. The van der Waals surface area contributed by atoms with Crippen molar-refractivity contribution in [3.63, 3.8) is 0 Å². The molecule has 0 amide bonds. The van der Waals surface area contributed by atoms with Crippen LogP contribution in [0.3, 0.4) is 0 Å². The van der Waals surface area contributed by atoms with Gasteiger partial charge >= 0.3 is 0 Å². The van der Waals surface area contributed by atoms with Gasteiger partial charge in [0.1, 0.15) is 5.75 Å². The molecule has 0 spiro atoms. The lowest BCUT2D eigenvalue weighted by Gasteiger charge is -2.11. The van der Waals surface area contributed by atoms with Gasteiger partial charge in [-0.15, -0.1) is 12.3 Å². The highest BCUT2D eigenvalue weighted by Gasteiger charge is 2.16. The zero-order valence-electron chi connectivity index (χ0n) is 8.84. The average molecular weight is 239 g/mol. The quantitative estimate of drug-likeness (QED) is 0.773. The van der Waals surface area contributed by atoms with Crippen LogP contribution in [0.25, 0.3) is 0 Å². The molecule has 0 saturated heterocycles. The Kier molecular flexibility index (Phi) is 3.93. The molecule has 16 heavy (non-hydrogen) atoms.